The van der Waals surface area contributed by atoms with Crippen molar-refractivity contribution in [3.8, 4) is 0 Å². The van der Waals surface area contributed by atoms with Crippen molar-refractivity contribution < 1.29 is 0 Å². The molecule has 0 heterocycles. The second kappa shape index (κ2) is 11.3. The summed E-state index contributed by atoms with van der Waals surface area (Å²) in [6, 6.07) is 15.6. The highest BCUT2D eigenvalue weighted by molar-refractivity contribution is 9.10. The molecule has 0 nitrogen and oxygen atoms in total. The van der Waals surface area contributed by atoms with Crippen LogP contribution in [0, 0.1) is 6.92 Å². The first-order chi connectivity index (χ1) is 11.7. The van der Waals surface area contributed by atoms with E-state index in [9.17, 15) is 0 Å². The van der Waals surface area contributed by atoms with Crippen LogP contribution in [0.3, 0.4) is 0 Å². The average Bonchev–Trinajstić information content (AvgIpc) is 2.58. The monoisotopic (exact) mass is 422 g/mol. The van der Waals surface area contributed by atoms with Crippen molar-refractivity contribution in [1.82, 2.24) is 0 Å². The molecule has 0 aliphatic heterocycles. The van der Waals surface area contributed by atoms with Crippen LogP contribution in [0.25, 0.3) is 0 Å². The lowest BCUT2D eigenvalue weighted by atomic mass is 10.0. The van der Waals surface area contributed by atoms with Crippen LogP contribution in [0.1, 0.15) is 43.7 Å². The van der Waals surface area contributed by atoms with Gasteiger partial charge in [-0.2, -0.15) is 0 Å². The van der Waals surface area contributed by atoms with E-state index in [0.717, 1.165) is 4.47 Å². The first-order valence-corrected chi connectivity index (χ1v) is 11.6. The van der Waals surface area contributed by atoms with Gasteiger partial charge in [0.05, 0.1) is 0 Å². The third-order valence-corrected chi connectivity index (χ3v) is 6.69. The predicted octanol–water partition coefficient (Wildman–Crippen LogP) is 7.76. The summed E-state index contributed by atoms with van der Waals surface area (Å²) < 4.78 is 1.15. The van der Waals surface area contributed by atoms with Crippen LogP contribution in [0.4, 0.5) is 0 Å². The molecule has 2 rings (SSSR count). The maximum absolute atomic E-state index is 3.48. The maximum atomic E-state index is 3.48. The van der Waals surface area contributed by atoms with E-state index in [1.165, 1.54) is 64.5 Å². The van der Waals surface area contributed by atoms with Crippen molar-refractivity contribution >= 4 is 39.5 Å². The van der Waals surface area contributed by atoms with Gasteiger partial charge < -0.3 is 0 Å². The highest BCUT2D eigenvalue weighted by Gasteiger charge is 2.01. The topological polar surface area (TPSA) is 0 Å². The summed E-state index contributed by atoms with van der Waals surface area (Å²) in [5.41, 5.74) is 2.96. The van der Waals surface area contributed by atoms with Crippen LogP contribution in [0.5, 0.6) is 0 Å². The summed E-state index contributed by atoms with van der Waals surface area (Å²) in [5, 5.41) is 0. The Balaban J connectivity index is 1.59. The first kappa shape index (κ1) is 19.9. The third-order valence-electron chi connectivity index (χ3n) is 3.98. The number of thioether (sulfide) groups is 2. The van der Waals surface area contributed by atoms with E-state index >= 15 is 0 Å². The molecule has 0 aliphatic rings. The molecule has 0 spiro atoms. The Kier molecular flexibility index (Phi) is 9.37. The van der Waals surface area contributed by atoms with E-state index in [1.807, 2.05) is 23.5 Å². The molecule has 2 aromatic carbocycles. The zero-order chi connectivity index (χ0) is 17.2. The van der Waals surface area contributed by atoms with Gasteiger partial charge in [0.25, 0.3) is 0 Å². The van der Waals surface area contributed by atoms with Crippen molar-refractivity contribution in [1.29, 1.82) is 0 Å². The minimum atomic E-state index is 1.15. The lowest BCUT2D eigenvalue weighted by Crippen LogP contribution is -1.90. The van der Waals surface area contributed by atoms with Gasteiger partial charge in [-0.3, -0.25) is 0 Å². The zero-order valence-electron chi connectivity index (χ0n) is 14.7. The van der Waals surface area contributed by atoms with E-state index in [2.05, 4.69) is 72.2 Å². The number of aryl methyl sites for hydroxylation is 2. The standard InChI is InChI=1S/C21H27BrS2/c1-3-7-18-16-21(11-8-17(18)2)24-15-6-4-5-14-23-20-12-9-19(22)10-13-20/h8-13,16H,3-7,14-15H2,1-2H3. The smallest absolute Gasteiger partial charge is 0.0176 e. The number of benzene rings is 2. The Hall–Kier alpha value is -0.380. The minimum Gasteiger partial charge on any atom is -0.126 e. The van der Waals surface area contributed by atoms with E-state index in [0.29, 0.717) is 0 Å². The minimum absolute atomic E-state index is 1.15. The Morgan fingerprint density at radius 2 is 1.46 bits per heavy atom. The molecule has 0 atom stereocenters. The molecular weight excluding hydrogens is 396 g/mol. The van der Waals surface area contributed by atoms with Crippen LogP contribution in [0.2, 0.25) is 0 Å². The molecule has 0 saturated carbocycles. The van der Waals surface area contributed by atoms with Crippen LogP contribution >= 0.6 is 39.5 Å². The van der Waals surface area contributed by atoms with Crippen molar-refractivity contribution in [3.63, 3.8) is 0 Å². The molecule has 0 saturated heterocycles. The second-order valence-electron chi connectivity index (χ2n) is 6.05. The van der Waals surface area contributed by atoms with Crippen LogP contribution in [-0.2, 0) is 6.42 Å². The summed E-state index contributed by atoms with van der Waals surface area (Å²) in [6.07, 6.45) is 6.36. The molecule has 2 aromatic rings. The highest BCUT2D eigenvalue weighted by Crippen LogP contribution is 2.25. The Bertz CT molecular complexity index is 608. The number of unbranched alkanes of at least 4 members (excludes halogenated alkanes) is 2. The summed E-state index contributed by atoms with van der Waals surface area (Å²) in [4.78, 5) is 2.81. The Labute approximate surface area is 164 Å². The molecule has 0 radical (unpaired) electrons. The molecule has 0 amide bonds. The maximum Gasteiger partial charge on any atom is 0.0176 e. The molecule has 24 heavy (non-hydrogen) atoms. The van der Waals surface area contributed by atoms with Gasteiger partial charge in [0, 0.05) is 14.3 Å². The van der Waals surface area contributed by atoms with Gasteiger partial charge in [-0.15, -0.1) is 23.5 Å². The second-order valence-corrected chi connectivity index (χ2v) is 9.30. The Morgan fingerprint density at radius 1 is 0.833 bits per heavy atom. The fourth-order valence-corrected chi connectivity index (χ4v) is 4.72. The van der Waals surface area contributed by atoms with Crippen molar-refractivity contribution in [2.75, 3.05) is 11.5 Å². The van der Waals surface area contributed by atoms with E-state index in [4.69, 9.17) is 0 Å². The molecule has 0 fully saturated rings. The summed E-state index contributed by atoms with van der Waals surface area (Å²) >= 11 is 7.46. The average molecular weight is 423 g/mol. The SMILES string of the molecule is CCCc1cc(SCCCCCSc2ccc(Br)cc2)ccc1C. The zero-order valence-corrected chi connectivity index (χ0v) is 17.9. The fraction of sp³-hybridized carbons (Fsp3) is 0.429. The van der Waals surface area contributed by atoms with E-state index in [-0.39, 0.29) is 0 Å². The van der Waals surface area contributed by atoms with Crippen LogP contribution in [0.15, 0.2) is 56.7 Å². The molecule has 130 valence electrons. The molecule has 0 aliphatic carbocycles. The third kappa shape index (κ3) is 7.25. The van der Waals surface area contributed by atoms with Gasteiger partial charge in [-0.05, 0) is 85.2 Å². The van der Waals surface area contributed by atoms with Crippen molar-refractivity contribution in [3.05, 3.63) is 58.1 Å². The van der Waals surface area contributed by atoms with Gasteiger partial charge >= 0.3 is 0 Å². The molecule has 3 heteroatoms. The first-order valence-electron chi connectivity index (χ1n) is 8.79. The molecule has 0 unspecified atom stereocenters. The quantitative estimate of drug-likeness (QED) is 0.283. The van der Waals surface area contributed by atoms with E-state index < -0.39 is 0 Å². The number of hydrogen-bond acceptors (Lipinski definition) is 2. The Morgan fingerprint density at radius 3 is 2.12 bits per heavy atom. The summed E-state index contributed by atoms with van der Waals surface area (Å²) in [7, 11) is 0. The van der Waals surface area contributed by atoms with E-state index in [1.54, 1.807) is 0 Å². The number of halogens is 1. The van der Waals surface area contributed by atoms with Gasteiger partial charge in [-0.25, -0.2) is 0 Å². The molecular formula is C21H27BrS2. The largest absolute Gasteiger partial charge is 0.126 e. The van der Waals surface area contributed by atoms with Crippen LogP contribution in [-0.4, -0.2) is 11.5 Å². The van der Waals surface area contributed by atoms with Gasteiger partial charge in [0.15, 0.2) is 0 Å². The number of rotatable bonds is 10. The molecule has 0 bridgehead atoms. The highest BCUT2D eigenvalue weighted by atomic mass is 79.9. The van der Waals surface area contributed by atoms with Crippen molar-refractivity contribution in [2.45, 2.75) is 55.7 Å². The summed E-state index contributed by atoms with van der Waals surface area (Å²) in [6.45, 7) is 4.48. The molecule has 0 aromatic heterocycles. The van der Waals surface area contributed by atoms with Gasteiger partial charge in [0.2, 0.25) is 0 Å². The van der Waals surface area contributed by atoms with Crippen LogP contribution < -0.4 is 0 Å². The summed E-state index contributed by atoms with van der Waals surface area (Å²) in [5.74, 6) is 2.45. The lowest BCUT2D eigenvalue weighted by Gasteiger charge is -2.08. The van der Waals surface area contributed by atoms with Crippen molar-refractivity contribution in [2.24, 2.45) is 0 Å². The lowest BCUT2D eigenvalue weighted by molar-refractivity contribution is 0.785. The normalized spacial score (nSPS) is 11.0. The number of hydrogen-bond donors (Lipinski definition) is 0. The predicted molar refractivity (Wildman–Crippen MR) is 115 cm³/mol. The molecule has 0 N–H and O–H groups in total. The fourth-order valence-electron chi connectivity index (χ4n) is 2.57. The van der Waals surface area contributed by atoms with Gasteiger partial charge in [0.1, 0.15) is 0 Å². The van der Waals surface area contributed by atoms with Gasteiger partial charge in [-0.1, -0.05) is 41.8 Å².